The molecule has 0 aliphatic heterocycles. The number of hydrogen-bond donors (Lipinski definition) is 2. The first kappa shape index (κ1) is 37.9. The molecular formula is CH4AlCl3N2O. The van der Waals surface area contributed by atoms with Crippen molar-refractivity contribution in [2.24, 2.45) is 11.5 Å². The fraction of sp³-hybridized carbons (Fsp3) is 0. The third-order valence-corrected chi connectivity index (χ3v) is 0. The summed E-state index contributed by atoms with van der Waals surface area (Å²) in [5.74, 6) is 0. The zero-order valence-electron chi connectivity index (χ0n) is 3.77. The third kappa shape index (κ3) is 475. The van der Waals surface area contributed by atoms with E-state index in [-0.39, 0.29) is 54.6 Å². The van der Waals surface area contributed by atoms with E-state index in [1.807, 2.05) is 0 Å². The largest absolute Gasteiger partial charge is 3.00 e. The van der Waals surface area contributed by atoms with Gasteiger partial charge in [-0.2, -0.15) is 0 Å². The molecule has 0 rings (SSSR count). The Balaban J connectivity index is -0.00000000750. The molecule has 0 aliphatic rings. The van der Waals surface area contributed by atoms with Gasteiger partial charge in [0.05, 0.1) is 0 Å². The number of halogens is 3. The molecule has 0 saturated heterocycles. The van der Waals surface area contributed by atoms with E-state index < -0.39 is 6.03 Å². The summed E-state index contributed by atoms with van der Waals surface area (Å²) >= 11 is 0. The molecule has 0 aromatic rings. The molecule has 0 radical (unpaired) electrons. The molecular weight excluding hydrogens is 189 g/mol. The number of rotatable bonds is 0. The van der Waals surface area contributed by atoms with Crippen LogP contribution in [0.4, 0.5) is 4.79 Å². The van der Waals surface area contributed by atoms with Crippen LogP contribution in [-0.2, 0) is 0 Å². The Bertz CT molecular complexity index is 40.3. The third-order valence-electron chi connectivity index (χ3n) is 0. The van der Waals surface area contributed by atoms with E-state index >= 15 is 0 Å². The Hall–Kier alpha value is 0.672. The summed E-state index contributed by atoms with van der Waals surface area (Å²) in [6.45, 7) is 0. The fourth-order valence-corrected chi connectivity index (χ4v) is 0. The smallest absolute Gasteiger partial charge is 1.00 e. The Labute approximate surface area is 76.9 Å². The fourth-order valence-electron chi connectivity index (χ4n) is 0. The van der Waals surface area contributed by atoms with E-state index in [0.29, 0.717) is 0 Å². The van der Waals surface area contributed by atoms with Gasteiger partial charge in [-0.3, -0.25) is 0 Å². The minimum atomic E-state index is -0.833. The molecule has 0 saturated carbocycles. The summed E-state index contributed by atoms with van der Waals surface area (Å²) in [7, 11) is 0. The monoisotopic (exact) mass is 192 g/mol. The molecule has 0 aliphatic carbocycles. The molecule has 0 atom stereocenters. The second-order valence-corrected chi connectivity index (χ2v) is 0.402. The van der Waals surface area contributed by atoms with Crippen LogP contribution >= 0.6 is 0 Å². The van der Waals surface area contributed by atoms with E-state index in [1.54, 1.807) is 0 Å². The summed E-state index contributed by atoms with van der Waals surface area (Å²) < 4.78 is 0. The molecule has 0 unspecified atom stereocenters. The van der Waals surface area contributed by atoms with E-state index in [0.717, 1.165) is 0 Å². The molecule has 2 amide bonds. The van der Waals surface area contributed by atoms with Crippen LogP contribution < -0.4 is 48.7 Å². The summed E-state index contributed by atoms with van der Waals surface area (Å²) in [5, 5.41) is 0. The Morgan fingerprint density at radius 2 is 1.00 bits per heavy atom. The number of carbonyl (C=O) groups is 1. The van der Waals surface area contributed by atoms with Crippen molar-refractivity contribution in [3.8, 4) is 0 Å². The van der Waals surface area contributed by atoms with Gasteiger partial charge in [-0.05, 0) is 0 Å². The molecule has 7 heteroatoms. The van der Waals surface area contributed by atoms with E-state index in [2.05, 4.69) is 11.5 Å². The van der Waals surface area contributed by atoms with Crippen LogP contribution in [0.2, 0.25) is 0 Å². The van der Waals surface area contributed by atoms with Crippen LogP contribution in [0.5, 0.6) is 0 Å². The van der Waals surface area contributed by atoms with Gasteiger partial charge in [0.15, 0.2) is 0 Å². The van der Waals surface area contributed by atoms with Crippen LogP contribution in [0.3, 0.4) is 0 Å². The van der Waals surface area contributed by atoms with Crippen molar-refractivity contribution >= 4 is 23.4 Å². The normalized spacial score (nSPS) is 3.00. The van der Waals surface area contributed by atoms with Crippen LogP contribution in [-0.4, -0.2) is 23.4 Å². The standard InChI is InChI=1S/CH4N2O.Al.3ClH/c2-1(3)4;;;;/h(H4,2,3,4);;3*1H/q;+3;;;/p-3. The number of hydrogen-bond acceptors (Lipinski definition) is 1. The van der Waals surface area contributed by atoms with Gasteiger partial charge in [-0.15, -0.1) is 0 Å². The van der Waals surface area contributed by atoms with Gasteiger partial charge in [-0.1, -0.05) is 0 Å². The predicted molar refractivity (Wildman–Crippen MR) is 19.5 cm³/mol. The van der Waals surface area contributed by atoms with Crippen molar-refractivity contribution in [1.29, 1.82) is 0 Å². The number of primary amides is 2. The Morgan fingerprint density at radius 3 is 1.00 bits per heavy atom. The molecule has 0 heterocycles. The van der Waals surface area contributed by atoms with E-state index in [9.17, 15) is 0 Å². The van der Waals surface area contributed by atoms with Crippen LogP contribution in [0, 0.1) is 0 Å². The zero-order valence-corrected chi connectivity index (χ0v) is 7.20. The van der Waals surface area contributed by atoms with Crippen molar-refractivity contribution in [1.82, 2.24) is 0 Å². The van der Waals surface area contributed by atoms with Gasteiger partial charge in [0.1, 0.15) is 0 Å². The molecule has 3 nitrogen and oxygen atoms in total. The summed E-state index contributed by atoms with van der Waals surface area (Å²) in [5.41, 5.74) is 8.50. The van der Waals surface area contributed by atoms with Crippen molar-refractivity contribution in [3.63, 3.8) is 0 Å². The SMILES string of the molecule is NC(N)=O.[Al+3].[Cl-].[Cl-].[Cl-]. The minimum absolute atomic E-state index is 0. The number of urea groups is 1. The molecule has 48 valence electrons. The van der Waals surface area contributed by atoms with Gasteiger partial charge >= 0.3 is 23.4 Å². The maximum Gasteiger partial charge on any atom is 3.00 e. The zero-order chi connectivity index (χ0) is 3.58. The van der Waals surface area contributed by atoms with Gasteiger partial charge in [-0.25, -0.2) is 4.79 Å². The van der Waals surface area contributed by atoms with Crippen molar-refractivity contribution in [3.05, 3.63) is 0 Å². The molecule has 8 heavy (non-hydrogen) atoms. The Kier molecular flexibility index (Phi) is 120. The van der Waals surface area contributed by atoms with E-state index in [1.165, 1.54) is 0 Å². The minimum Gasteiger partial charge on any atom is -1.00 e. The average Bonchev–Trinajstić information content (AvgIpc) is 0.811. The first-order chi connectivity index (χ1) is 1.73. The molecule has 0 spiro atoms. The summed E-state index contributed by atoms with van der Waals surface area (Å²) in [6.07, 6.45) is 0. The molecule has 0 fully saturated rings. The van der Waals surface area contributed by atoms with Crippen LogP contribution in [0.15, 0.2) is 0 Å². The molecule has 0 bridgehead atoms. The second-order valence-electron chi connectivity index (χ2n) is 0.402. The van der Waals surface area contributed by atoms with Crippen LogP contribution in [0.1, 0.15) is 0 Å². The molecule has 0 aromatic heterocycles. The first-order valence-corrected chi connectivity index (χ1v) is 0.781. The quantitative estimate of drug-likeness (QED) is 0.369. The van der Waals surface area contributed by atoms with Crippen molar-refractivity contribution in [2.45, 2.75) is 0 Å². The molecule has 0 aromatic carbocycles. The van der Waals surface area contributed by atoms with Gasteiger partial charge in [0.25, 0.3) is 0 Å². The number of nitrogens with two attached hydrogens (primary N) is 2. The summed E-state index contributed by atoms with van der Waals surface area (Å²) in [6, 6.07) is -0.833. The topological polar surface area (TPSA) is 69.1 Å². The maximum absolute atomic E-state index is 9.00. The van der Waals surface area contributed by atoms with Gasteiger partial charge < -0.3 is 48.7 Å². The number of amides is 2. The Morgan fingerprint density at radius 1 is 1.00 bits per heavy atom. The maximum atomic E-state index is 9.00. The number of carbonyl (C=O) groups excluding carboxylic acids is 1. The van der Waals surface area contributed by atoms with Crippen molar-refractivity contribution in [2.75, 3.05) is 0 Å². The first-order valence-electron chi connectivity index (χ1n) is 0.781. The van der Waals surface area contributed by atoms with E-state index in [4.69, 9.17) is 4.79 Å². The second kappa shape index (κ2) is 25.3. The molecule has 4 N–H and O–H groups in total. The van der Waals surface area contributed by atoms with Crippen LogP contribution in [0.25, 0.3) is 0 Å². The summed E-state index contributed by atoms with van der Waals surface area (Å²) in [4.78, 5) is 9.00. The van der Waals surface area contributed by atoms with Gasteiger partial charge in [0, 0.05) is 0 Å². The van der Waals surface area contributed by atoms with Crippen molar-refractivity contribution < 1.29 is 42.0 Å². The van der Waals surface area contributed by atoms with Gasteiger partial charge in [0.2, 0.25) is 0 Å². The predicted octanol–water partition coefficient (Wildman–Crippen LogP) is -10.3. The average molecular weight is 193 g/mol.